The van der Waals surface area contributed by atoms with Gasteiger partial charge in [-0.2, -0.15) is 0 Å². The van der Waals surface area contributed by atoms with Gasteiger partial charge in [0.2, 0.25) is 0 Å². The Morgan fingerprint density at radius 1 is 1.44 bits per heavy atom. The van der Waals surface area contributed by atoms with E-state index in [4.69, 9.17) is 23.2 Å². The third-order valence-corrected chi connectivity index (χ3v) is 3.60. The van der Waals surface area contributed by atoms with Gasteiger partial charge in [0.15, 0.2) is 0 Å². The summed E-state index contributed by atoms with van der Waals surface area (Å²) in [4.78, 5) is 14.0. The van der Waals surface area contributed by atoms with Crippen LogP contribution in [-0.2, 0) is 0 Å². The molecule has 6 heteroatoms. The first-order chi connectivity index (χ1) is 8.50. The number of benzene rings is 1. The first kappa shape index (κ1) is 13.6. The Kier molecular flexibility index (Phi) is 4.10. The zero-order valence-electron chi connectivity index (χ0n) is 9.84. The van der Waals surface area contributed by atoms with Gasteiger partial charge in [-0.05, 0) is 19.1 Å². The quantitative estimate of drug-likeness (QED) is 0.807. The van der Waals surface area contributed by atoms with E-state index in [1.54, 1.807) is 4.90 Å². The Balaban J connectivity index is 2.30. The number of carbonyl (C=O) groups is 1. The Labute approximate surface area is 115 Å². The van der Waals surface area contributed by atoms with Crippen molar-refractivity contribution in [1.82, 2.24) is 10.2 Å². The van der Waals surface area contributed by atoms with Crippen LogP contribution in [0.15, 0.2) is 12.1 Å². The standard InChI is InChI=1S/C12H13Cl2FN2O/c1-7-6-16-2-3-17(7)12(18)8-4-11(15)10(14)5-9(8)13/h4-5,7,16H,2-3,6H2,1H3/t7-/m0/s1. The van der Waals surface area contributed by atoms with Crippen LogP contribution < -0.4 is 5.32 Å². The maximum Gasteiger partial charge on any atom is 0.255 e. The third-order valence-electron chi connectivity index (χ3n) is 3.00. The second-order valence-corrected chi connectivity index (χ2v) is 5.11. The normalized spacial score (nSPS) is 20.0. The second-order valence-electron chi connectivity index (χ2n) is 4.30. The van der Waals surface area contributed by atoms with Gasteiger partial charge in [0.05, 0.1) is 15.6 Å². The van der Waals surface area contributed by atoms with Gasteiger partial charge in [0, 0.05) is 25.7 Å². The molecule has 0 saturated carbocycles. The summed E-state index contributed by atoms with van der Waals surface area (Å²) in [5.74, 6) is -0.892. The van der Waals surface area contributed by atoms with Crippen LogP contribution in [-0.4, -0.2) is 36.5 Å². The SMILES string of the molecule is C[C@H]1CNCCN1C(=O)c1cc(F)c(Cl)cc1Cl. The number of rotatable bonds is 1. The predicted octanol–water partition coefficient (Wildman–Crippen LogP) is 2.57. The van der Waals surface area contributed by atoms with Gasteiger partial charge in [-0.15, -0.1) is 0 Å². The Morgan fingerprint density at radius 3 is 2.83 bits per heavy atom. The molecule has 98 valence electrons. The van der Waals surface area contributed by atoms with Crippen LogP contribution in [0.1, 0.15) is 17.3 Å². The average Bonchev–Trinajstić information content (AvgIpc) is 2.33. The largest absolute Gasteiger partial charge is 0.333 e. The van der Waals surface area contributed by atoms with Gasteiger partial charge >= 0.3 is 0 Å². The lowest BCUT2D eigenvalue weighted by Crippen LogP contribution is -2.52. The van der Waals surface area contributed by atoms with E-state index >= 15 is 0 Å². The first-order valence-electron chi connectivity index (χ1n) is 5.67. The van der Waals surface area contributed by atoms with Crippen LogP contribution in [0.25, 0.3) is 0 Å². The molecule has 1 saturated heterocycles. The lowest BCUT2D eigenvalue weighted by atomic mass is 10.1. The number of hydrogen-bond donors (Lipinski definition) is 1. The topological polar surface area (TPSA) is 32.3 Å². The predicted molar refractivity (Wildman–Crippen MR) is 69.8 cm³/mol. The molecule has 0 spiro atoms. The maximum atomic E-state index is 13.4. The number of hydrogen-bond acceptors (Lipinski definition) is 2. The van der Waals surface area contributed by atoms with Crippen molar-refractivity contribution in [2.24, 2.45) is 0 Å². The minimum absolute atomic E-state index is 0.0565. The number of halogens is 3. The lowest BCUT2D eigenvalue weighted by molar-refractivity contribution is 0.0655. The molecule has 0 radical (unpaired) electrons. The highest BCUT2D eigenvalue weighted by Gasteiger charge is 2.26. The van der Waals surface area contributed by atoms with Crippen LogP contribution in [0.3, 0.4) is 0 Å². The van der Waals surface area contributed by atoms with E-state index in [-0.39, 0.29) is 27.6 Å². The van der Waals surface area contributed by atoms with Crippen molar-refractivity contribution in [2.75, 3.05) is 19.6 Å². The summed E-state index contributed by atoms with van der Waals surface area (Å²) >= 11 is 11.6. The fraction of sp³-hybridized carbons (Fsp3) is 0.417. The molecular weight excluding hydrogens is 278 g/mol. The third kappa shape index (κ3) is 2.60. The van der Waals surface area contributed by atoms with E-state index in [0.29, 0.717) is 6.54 Å². The van der Waals surface area contributed by atoms with Gasteiger partial charge in [0.25, 0.3) is 5.91 Å². The summed E-state index contributed by atoms with van der Waals surface area (Å²) in [5, 5.41) is 3.28. The fourth-order valence-corrected chi connectivity index (χ4v) is 2.45. The molecule has 1 aromatic carbocycles. The summed E-state index contributed by atoms with van der Waals surface area (Å²) in [7, 11) is 0. The molecule has 1 aromatic rings. The van der Waals surface area contributed by atoms with Crippen molar-refractivity contribution in [3.05, 3.63) is 33.6 Å². The summed E-state index contributed by atoms with van der Waals surface area (Å²) in [6, 6.07) is 2.42. The van der Waals surface area contributed by atoms with Crippen molar-refractivity contribution in [3.8, 4) is 0 Å². The molecule has 0 bridgehead atoms. The molecular formula is C12H13Cl2FN2O. The molecule has 3 nitrogen and oxygen atoms in total. The van der Waals surface area contributed by atoms with Crippen LogP contribution in [0, 0.1) is 5.82 Å². The summed E-state index contributed by atoms with van der Waals surface area (Å²) in [6.07, 6.45) is 0. The molecule has 1 aliphatic heterocycles. The van der Waals surface area contributed by atoms with Gasteiger partial charge in [-0.3, -0.25) is 4.79 Å². The van der Waals surface area contributed by atoms with E-state index in [2.05, 4.69) is 5.32 Å². The van der Waals surface area contributed by atoms with Crippen molar-refractivity contribution in [3.63, 3.8) is 0 Å². The van der Waals surface area contributed by atoms with E-state index in [0.717, 1.165) is 19.2 Å². The van der Waals surface area contributed by atoms with E-state index in [9.17, 15) is 9.18 Å². The van der Waals surface area contributed by atoms with E-state index in [1.807, 2.05) is 6.92 Å². The fourth-order valence-electron chi connectivity index (χ4n) is 1.98. The molecule has 1 heterocycles. The summed E-state index contributed by atoms with van der Waals surface area (Å²) < 4.78 is 13.4. The Morgan fingerprint density at radius 2 is 2.17 bits per heavy atom. The monoisotopic (exact) mass is 290 g/mol. The average molecular weight is 291 g/mol. The van der Waals surface area contributed by atoms with Gasteiger partial charge in [-0.1, -0.05) is 23.2 Å². The van der Waals surface area contributed by atoms with Crippen LogP contribution in [0.5, 0.6) is 0 Å². The van der Waals surface area contributed by atoms with Gasteiger partial charge < -0.3 is 10.2 Å². The molecule has 1 amide bonds. The van der Waals surface area contributed by atoms with Crippen molar-refractivity contribution >= 4 is 29.1 Å². The molecule has 1 atom stereocenters. The minimum Gasteiger partial charge on any atom is -0.333 e. The first-order valence-corrected chi connectivity index (χ1v) is 6.42. The minimum atomic E-state index is -0.632. The number of carbonyl (C=O) groups excluding carboxylic acids is 1. The Bertz CT molecular complexity index is 481. The number of amides is 1. The highest BCUT2D eigenvalue weighted by Crippen LogP contribution is 2.26. The highest BCUT2D eigenvalue weighted by molar-refractivity contribution is 6.36. The lowest BCUT2D eigenvalue weighted by Gasteiger charge is -2.34. The summed E-state index contributed by atoms with van der Waals surface area (Å²) in [6.45, 7) is 3.97. The van der Waals surface area contributed by atoms with Crippen molar-refractivity contribution in [2.45, 2.75) is 13.0 Å². The zero-order valence-corrected chi connectivity index (χ0v) is 11.4. The number of nitrogens with one attached hydrogen (secondary N) is 1. The molecule has 1 fully saturated rings. The van der Waals surface area contributed by atoms with E-state index < -0.39 is 5.82 Å². The molecule has 0 aliphatic carbocycles. The smallest absolute Gasteiger partial charge is 0.255 e. The van der Waals surface area contributed by atoms with Crippen molar-refractivity contribution < 1.29 is 9.18 Å². The van der Waals surface area contributed by atoms with Crippen LogP contribution in [0.2, 0.25) is 10.0 Å². The maximum absolute atomic E-state index is 13.4. The van der Waals surface area contributed by atoms with Crippen molar-refractivity contribution in [1.29, 1.82) is 0 Å². The molecule has 1 aliphatic rings. The molecule has 0 unspecified atom stereocenters. The van der Waals surface area contributed by atoms with Crippen LogP contribution >= 0.6 is 23.2 Å². The van der Waals surface area contributed by atoms with E-state index in [1.165, 1.54) is 6.07 Å². The number of piperazine rings is 1. The van der Waals surface area contributed by atoms with Crippen LogP contribution in [0.4, 0.5) is 4.39 Å². The zero-order chi connectivity index (χ0) is 13.3. The summed E-state index contributed by atoms with van der Waals surface area (Å²) in [5.41, 5.74) is 0.160. The molecule has 18 heavy (non-hydrogen) atoms. The second kappa shape index (κ2) is 5.43. The molecule has 2 rings (SSSR count). The number of nitrogens with zero attached hydrogens (tertiary/aromatic N) is 1. The van der Waals surface area contributed by atoms with Gasteiger partial charge in [-0.25, -0.2) is 4.39 Å². The van der Waals surface area contributed by atoms with Gasteiger partial charge in [0.1, 0.15) is 5.82 Å². The Hall–Kier alpha value is -0.840. The molecule has 0 aromatic heterocycles. The highest BCUT2D eigenvalue weighted by atomic mass is 35.5. The molecule has 1 N–H and O–H groups in total.